The van der Waals surface area contributed by atoms with E-state index in [9.17, 15) is 0 Å². The number of hydrogen-bond acceptors (Lipinski definition) is 3. The third kappa shape index (κ3) is 30.0. The van der Waals surface area contributed by atoms with Crippen molar-refractivity contribution in [2.45, 2.75) is 200 Å². The van der Waals surface area contributed by atoms with Gasteiger partial charge in [0, 0.05) is 45.3 Å². The molecule has 1 atom stereocenters. The molecular formula is C45H87N3. The maximum Gasteiger partial charge on any atom is 0.0113 e. The normalized spacial score (nSPS) is 15.7. The van der Waals surface area contributed by atoms with E-state index in [1.807, 2.05) is 0 Å². The molecule has 0 aromatic rings. The Morgan fingerprint density at radius 1 is 0.458 bits per heavy atom. The van der Waals surface area contributed by atoms with Crippen LogP contribution in [0.4, 0.5) is 0 Å². The van der Waals surface area contributed by atoms with Gasteiger partial charge in [-0.1, -0.05) is 147 Å². The molecule has 3 heteroatoms. The smallest absolute Gasteiger partial charge is 0.0113 e. The largest absolute Gasteiger partial charge is 0.308 e. The monoisotopic (exact) mass is 670 g/mol. The van der Waals surface area contributed by atoms with Gasteiger partial charge < -0.3 is 4.90 Å². The third-order valence-electron chi connectivity index (χ3n) is 10.6. The fourth-order valence-electron chi connectivity index (χ4n) is 7.22. The van der Waals surface area contributed by atoms with Crippen molar-refractivity contribution >= 4 is 0 Å². The number of likely N-dealkylation sites (N-methyl/N-ethyl adjacent to an activating group) is 1. The van der Waals surface area contributed by atoms with Crippen molar-refractivity contribution in [3.05, 3.63) is 36.5 Å². The van der Waals surface area contributed by atoms with Gasteiger partial charge in [-0.15, -0.1) is 0 Å². The summed E-state index contributed by atoms with van der Waals surface area (Å²) in [6, 6.07) is 0.825. The van der Waals surface area contributed by atoms with Crippen molar-refractivity contribution in [3.63, 3.8) is 0 Å². The van der Waals surface area contributed by atoms with Crippen LogP contribution < -0.4 is 0 Å². The summed E-state index contributed by atoms with van der Waals surface area (Å²) in [4.78, 5) is 7.91. The van der Waals surface area contributed by atoms with Crippen molar-refractivity contribution < 1.29 is 0 Å². The molecule has 0 aromatic carbocycles. The minimum atomic E-state index is 0.825. The lowest BCUT2D eigenvalue weighted by Crippen LogP contribution is -2.51. The van der Waals surface area contributed by atoms with Crippen molar-refractivity contribution in [2.24, 2.45) is 0 Å². The Bertz CT molecular complexity index is 718. The summed E-state index contributed by atoms with van der Waals surface area (Å²) in [7, 11) is 4.41. The van der Waals surface area contributed by atoms with Crippen LogP contribution in [0.25, 0.3) is 0 Å². The van der Waals surface area contributed by atoms with Crippen LogP contribution in [-0.4, -0.2) is 74.1 Å². The van der Waals surface area contributed by atoms with Crippen LogP contribution in [-0.2, 0) is 0 Å². The third-order valence-corrected chi connectivity index (χ3v) is 10.6. The first-order valence-corrected chi connectivity index (χ1v) is 21.7. The molecule has 1 aliphatic rings. The second-order valence-corrected chi connectivity index (χ2v) is 15.4. The van der Waals surface area contributed by atoms with E-state index in [4.69, 9.17) is 0 Å². The van der Waals surface area contributed by atoms with Crippen molar-refractivity contribution in [1.29, 1.82) is 0 Å². The fourth-order valence-corrected chi connectivity index (χ4v) is 7.22. The molecular weight excluding hydrogens is 583 g/mol. The van der Waals surface area contributed by atoms with Crippen molar-refractivity contribution in [1.82, 2.24) is 14.7 Å². The van der Waals surface area contributed by atoms with E-state index in [1.54, 1.807) is 0 Å². The Morgan fingerprint density at radius 2 is 0.833 bits per heavy atom. The molecule has 0 bridgehead atoms. The number of piperazine rings is 1. The molecule has 0 amide bonds. The minimum Gasteiger partial charge on any atom is -0.308 e. The average molecular weight is 670 g/mol. The van der Waals surface area contributed by atoms with Gasteiger partial charge in [-0.2, -0.15) is 0 Å². The molecule has 0 aliphatic carbocycles. The second kappa shape index (κ2) is 35.9. The Kier molecular flexibility index (Phi) is 33.8. The molecule has 0 aromatic heterocycles. The van der Waals surface area contributed by atoms with Crippen LogP contribution >= 0.6 is 0 Å². The molecule has 1 rings (SSSR count). The molecule has 0 spiro atoms. The van der Waals surface area contributed by atoms with Crippen molar-refractivity contribution in [3.8, 4) is 0 Å². The predicted molar refractivity (Wildman–Crippen MR) is 218 cm³/mol. The second-order valence-electron chi connectivity index (χ2n) is 15.4. The summed E-state index contributed by atoms with van der Waals surface area (Å²) in [6.45, 7) is 12.0. The SMILES string of the molecule is CC/C=C/CCCC/C=C\CCCCCCCCC(CCCCCCCC/C=C\CCCCCCCC)N1CCN(CCN(C)C)CC1. The molecule has 1 fully saturated rings. The molecule has 0 N–H and O–H groups in total. The van der Waals surface area contributed by atoms with E-state index >= 15 is 0 Å². The summed E-state index contributed by atoms with van der Waals surface area (Å²) in [5, 5.41) is 0. The van der Waals surface area contributed by atoms with Gasteiger partial charge >= 0.3 is 0 Å². The van der Waals surface area contributed by atoms with Crippen LogP contribution in [0.2, 0.25) is 0 Å². The quantitative estimate of drug-likeness (QED) is 0.0491. The van der Waals surface area contributed by atoms with Gasteiger partial charge in [-0.25, -0.2) is 0 Å². The fraction of sp³-hybridized carbons (Fsp3) is 0.867. The molecule has 3 nitrogen and oxygen atoms in total. The van der Waals surface area contributed by atoms with Crippen LogP contribution in [0.15, 0.2) is 36.5 Å². The maximum atomic E-state index is 2.89. The summed E-state index contributed by atoms with van der Waals surface area (Å²) in [5.74, 6) is 0. The van der Waals surface area contributed by atoms with E-state index in [0.29, 0.717) is 0 Å². The Morgan fingerprint density at radius 3 is 1.25 bits per heavy atom. The first-order valence-electron chi connectivity index (χ1n) is 21.7. The average Bonchev–Trinajstić information content (AvgIpc) is 3.09. The maximum absolute atomic E-state index is 2.89. The highest BCUT2D eigenvalue weighted by molar-refractivity contribution is 4.84. The van der Waals surface area contributed by atoms with Gasteiger partial charge in [0.25, 0.3) is 0 Å². The lowest BCUT2D eigenvalue weighted by Gasteiger charge is -2.40. The highest BCUT2D eigenvalue weighted by atomic mass is 15.3. The number of nitrogens with zero attached hydrogens (tertiary/aromatic N) is 3. The summed E-state index contributed by atoms with van der Waals surface area (Å²) in [6.07, 6.45) is 53.2. The van der Waals surface area contributed by atoms with Gasteiger partial charge in [-0.05, 0) is 97.6 Å². The van der Waals surface area contributed by atoms with Crippen LogP contribution in [0.1, 0.15) is 194 Å². The molecule has 1 saturated heterocycles. The number of unbranched alkanes of at least 4 members (excludes halogenated alkanes) is 21. The zero-order valence-electron chi connectivity index (χ0n) is 33.4. The lowest BCUT2D eigenvalue weighted by atomic mass is 9.98. The van der Waals surface area contributed by atoms with E-state index in [2.05, 4.69) is 79.1 Å². The highest BCUT2D eigenvalue weighted by Crippen LogP contribution is 2.21. The summed E-state index contributed by atoms with van der Waals surface area (Å²) in [5.41, 5.74) is 0. The Hall–Kier alpha value is -0.900. The molecule has 1 heterocycles. The topological polar surface area (TPSA) is 9.72 Å². The van der Waals surface area contributed by atoms with Crippen LogP contribution in [0.3, 0.4) is 0 Å². The standard InChI is InChI=1S/C45H87N3/c1-5-7-9-11-13-15-17-19-21-23-25-27-29-31-33-35-37-45(48-43-41-47(42-44-48)40-39-46(3)4)38-36-34-32-30-28-26-24-22-20-18-16-14-12-10-8-6-2/h7,9,19-22,45H,5-6,8,10-18,23-44H2,1-4H3/b9-7+,21-19-,22-20-. The van der Waals surface area contributed by atoms with E-state index in [-0.39, 0.29) is 0 Å². The Labute approximate surface area is 303 Å². The van der Waals surface area contributed by atoms with Gasteiger partial charge in [0.15, 0.2) is 0 Å². The van der Waals surface area contributed by atoms with E-state index in [1.165, 1.54) is 219 Å². The molecule has 282 valence electrons. The number of hydrogen-bond donors (Lipinski definition) is 0. The first-order chi connectivity index (χ1) is 23.7. The zero-order valence-corrected chi connectivity index (χ0v) is 33.4. The summed E-state index contributed by atoms with van der Waals surface area (Å²) >= 11 is 0. The van der Waals surface area contributed by atoms with Gasteiger partial charge in [0.2, 0.25) is 0 Å². The van der Waals surface area contributed by atoms with Gasteiger partial charge in [0.05, 0.1) is 0 Å². The van der Waals surface area contributed by atoms with E-state index in [0.717, 1.165) is 6.04 Å². The van der Waals surface area contributed by atoms with Crippen molar-refractivity contribution in [2.75, 3.05) is 53.4 Å². The first kappa shape index (κ1) is 45.1. The Balaban J connectivity index is 2.17. The zero-order chi connectivity index (χ0) is 34.6. The highest BCUT2D eigenvalue weighted by Gasteiger charge is 2.23. The molecule has 1 aliphatic heterocycles. The predicted octanol–water partition coefficient (Wildman–Crippen LogP) is 13.2. The molecule has 0 radical (unpaired) electrons. The van der Waals surface area contributed by atoms with Crippen LogP contribution in [0, 0.1) is 0 Å². The van der Waals surface area contributed by atoms with Crippen LogP contribution in [0.5, 0.6) is 0 Å². The molecule has 48 heavy (non-hydrogen) atoms. The number of rotatable bonds is 35. The molecule has 1 unspecified atom stereocenters. The lowest BCUT2D eigenvalue weighted by molar-refractivity contribution is 0.0820. The molecule has 0 saturated carbocycles. The van der Waals surface area contributed by atoms with Gasteiger partial charge in [0.1, 0.15) is 0 Å². The summed E-state index contributed by atoms with van der Waals surface area (Å²) < 4.78 is 0. The minimum absolute atomic E-state index is 0.825. The van der Waals surface area contributed by atoms with E-state index < -0.39 is 0 Å². The van der Waals surface area contributed by atoms with Gasteiger partial charge in [-0.3, -0.25) is 9.80 Å². The number of allylic oxidation sites excluding steroid dienone is 6.